The third-order valence-electron chi connectivity index (χ3n) is 7.83. The van der Waals surface area contributed by atoms with E-state index in [9.17, 15) is 19.2 Å². The minimum Gasteiger partial charge on any atom is -0.378 e. The third-order valence-corrected chi connectivity index (χ3v) is 7.83. The summed E-state index contributed by atoms with van der Waals surface area (Å²) in [5.74, 6) is 0.251. The number of likely N-dealkylation sites (tertiary alicyclic amines) is 1. The molecule has 0 aromatic heterocycles. The smallest absolute Gasteiger partial charge is 0.320 e. The highest BCUT2D eigenvalue weighted by atomic mass is 16.5. The van der Waals surface area contributed by atoms with Crippen molar-refractivity contribution >= 4 is 23.6 Å². The number of morpholine rings is 1. The number of amides is 4. The fraction of sp³-hybridized carbons (Fsp3) is 0.852. The van der Waals surface area contributed by atoms with Crippen molar-refractivity contribution in [2.75, 3.05) is 32.8 Å². The maximum absolute atomic E-state index is 13.2. The summed E-state index contributed by atoms with van der Waals surface area (Å²) in [7, 11) is 0. The molecule has 0 radical (unpaired) electrons. The van der Waals surface area contributed by atoms with E-state index in [-0.39, 0.29) is 42.1 Å². The molecule has 2 saturated heterocycles. The molecule has 204 valence electrons. The molecule has 1 saturated carbocycles. The second-order valence-corrected chi connectivity index (χ2v) is 11.3. The van der Waals surface area contributed by atoms with Gasteiger partial charge >= 0.3 is 6.03 Å². The number of ether oxygens (including phenoxy) is 1. The highest BCUT2D eigenvalue weighted by Gasteiger charge is 2.35. The molecule has 0 aromatic carbocycles. The number of urea groups is 1. The molecule has 2 heterocycles. The van der Waals surface area contributed by atoms with Crippen molar-refractivity contribution in [2.24, 2.45) is 11.8 Å². The molecule has 2 N–H and O–H groups in total. The van der Waals surface area contributed by atoms with Crippen LogP contribution in [0.3, 0.4) is 0 Å². The Labute approximate surface area is 216 Å². The highest BCUT2D eigenvalue weighted by Crippen LogP contribution is 2.27. The van der Waals surface area contributed by atoms with E-state index in [2.05, 4.69) is 10.6 Å². The van der Waals surface area contributed by atoms with Crippen LogP contribution in [0.15, 0.2) is 0 Å². The normalized spacial score (nSPS) is 24.8. The Bertz CT molecular complexity index is 761. The van der Waals surface area contributed by atoms with Crippen LogP contribution in [-0.2, 0) is 19.1 Å². The second-order valence-electron chi connectivity index (χ2n) is 11.3. The van der Waals surface area contributed by atoms with Crippen LogP contribution in [0, 0.1) is 11.8 Å². The Morgan fingerprint density at radius 1 is 1.03 bits per heavy atom. The van der Waals surface area contributed by atoms with E-state index < -0.39 is 12.1 Å². The molecule has 3 aliphatic rings. The molecular formula is C27H46N4O5. The Kier molecular flexibility index (Phi) is 11.0. The number of nitrogens with one attached hydrogen (secondary N) is 2. The Morgan fingerprint density at radius 3 is 2.39 bits per heavy atom. The van der Waals surface area contributed by atoms with E-state index in [0.29, 0.717) is 57.9 Å². The van der Waals surface area contributed by atoms with Crippen molar-refractivity contribution in [3.8, 4) is 0 Å². The minimum atomic E-state index is -0.664. The number of ketones is 1. The summed E-state index contributed by atoms with van der Waals surface area (Å²) in [5, 5.41) is 5.85. The molecular weight excluding hydrogens is 460 g/mol. The summed E-state index contributed by atoms with van der Waals surface area (Å²) in [6, 6.07) is -1.56. The van der Waals surface area contributed by atoms with E-state index in [1.807, 2.05) is 20.8 Å². The SMILES string of the molecule is CC(C)CC(NC(=O)CCC1CCCCC1)C(=O)NC1CCC(C)N(C(=O)N2CCOCC2)CC1=O. The standard InChI is InChI=1S/C27H46N4O5/c1-19(2)17-23(28-25(33)12-10-21-7-5-4-6-8-21)26(34)29-22-11-9-20(3)31(18-24(22)32)27(35)30-13-15-36-16-14-30/h19-23H,4-18H2,1-3H3,(H,28,33)(H,29,34). The minimum absolute atomic E-state index is 0.0229. The van der Waals surface area contributed by atoms with E-state index in [4.69, 9.17) is 4.74 Å². The second kappa shape index (κ2) is 14.0. The predicted molar refractivity (Wildman–Crippen MR) is 137 cm³/mol. The maximum Gasteiger partial charge on any atom is 0.320 e. The number of hydrogen-bond donors (Lipinski definition) is 2. The zero-order chi connectivity index (χ0) is 26.1. The van der Waals surface area contributed by atoms with Crippen molar-refractivity contribution in [2.45, 2.75) is 103 Å². The van der Waals surface area contributed by atoms with E-state index in [0.717, 1.165) is 6.42 Å². The molecule has 9 heteroatoms. The fourth-order valence-electron chi connectivity index (χ4n) is 5.56. The van der Waals surface area contributed by atoms with Crippen molar-refractivity contribution in [1.29, 1.82) is 0 Å². The molecule has 3 unspecified atom stereocenters. The summed E-state index contributed by atoms with van der Waals surface area (Å²) in [4.78, 5) is 55.4. The van der Waals surface area contributed by atoms with Crippen molar-refractivity contribution in [1.82, 2.24) is 20.4 Å². The first-order chi connectivity index (χ1) is 17.2. The van der Waals surface area contributed by atoms with Gasteiger partial charge in [0.25, 0.3) is 0 Å². The first kappa shape index (κ1) is 28.4. The topological polar surface area (TPSA) is 108 Å². The average Bonchev–Trinajstić information content (AvgIpc) is 3.01. The first-order valence-corrected chi connectivity index (χ1v) is 14.0. The largest absolute Gasteiger partial charge is 0.378 e. The lowest BCUT2D eigenvalue weighted by Gasteiger charge is -2.34. The summed E-state index contributed by atoms with van der Waals surface area (Å²) >= 11 is 0. The van der Waals surface area contributed by atoms with Gasteiger partial charge in [0.05, 0.1) is 25.8 Å². The molecule has 4 amide bonds. The van der Waals surface area contributed by atoms with Crippen LogP contribution in [0.25, 0.3) is 0 Å². The number of carbonyl (C=O) groups excluding carboxylic acids is 4. The number of Topliss-reactive ketones (excluding diaryl/α,β-unsaturated/α-hetero) is 1. The van der Waals surface area contributed by atoms with Gasteiger partial charge in [-0.15, -0.1) is 0 Å². The van der Waals surface area contributed by atoms with Crippen LogP contribution in [0.2, 0.25) is 0 Å². The third kappa shape index (κ3) is 8.46. The van der Waals surface area contributed by atoms with Gasteiger partial charge in [0.15, 0.2) is 5.78 Å². The molecule has 0 spiro atoms. The molecule has 9 nitrogen and oxygen atoms in total. The van der Waals surface area contributed by atoms with Gasteiger partial charge in [0.2, 0.25) is 11.8 Å². The maximum atomic E-state index is 13.2. The zero-order valence-electron chi connectivity index (χ0n) is 22.4. The van der Waals surface area contributed by atoms with E-state index >= 15 is 0 Å². The molecule has 0 aromatic rings. The lowest BCUT2D eigenvalue weighted by Crippen LogP contribution is -2.54. The van der Waals surface area contributed by atoms with Crippen LogP contribution in [0.5, 0.6) is 0 Å². The van der Waals surface area contributed by atoms with Gasteiger partial charge < -0.3 is 25.2 Å². The van der Waals surface area contributed by atoms with Gasteiger partial charge in [0.1, 0.15) is 6.04 Å². The number of rotatable bonds is 8. The molecule has 3 rings (SSSR count). The van der Waals surface area contributed by atoms with E-state index in [1.165, 1.54) is 32.1 Å². The zero-order valence-corrected chi connectivity index (χ0v) is 22.4. The van der Waals surface area contributed by atoms with Crippen LogP contribution in [0.1, 0.15) is 85.0 Å². The number of hydrogen-bond acceptors (Lipinski definition) is 5. The molecule has 1 aliphatic carbocycles. The van der Waals surface area contributed by atoms with E-state index in [1.54, 1.807) is 9.80 Å². The van der Waals surface area contributed by atoms with Crippen LogP contribution < -0.4 is 10.6 Å². The molecule has 36 heavy (non-hydrogen) atoms. The lowest BCUT2D eigenvalue weighted by atomic mass is 9.86. The summed E-state index contributed by atoms with van der Waals surface area (Å²) < 4.78 is 5.34. The van der Waals surface area contributed by atoms with Crippen LogP contribution >= 0.6 is 0 Å². The fourth-order valence-corrected chi connectivity index (χ4v) is 5.56. The Hall–Kier alpha value is -2.16. The lowest BCUT2D eigenvalue weighted by molar-refractivity contribution is -0.132. The van der Waals surface area contributed by atoms with Gasteiger partial charge in [-0.05, 0) is 44.4 Å². The van der Waals surface area contributed by atoms with Gasteiger partial charge in [-0.1, -0.05) is 46.0 Å². The van der Waals surface area contributed by atoms with Crippen LogP contribution in [-0.4, -0.2) is 84.4 Å². The molecule has 3 fully saturated rings. The van der Waals surface area contributed by atoms with Crippen molar-refractivity contribution < 1.29 is 23.9 Å². The molecule has 2 aliphatic heterocycles. The van der Waals surface area contributed by atoms with Crippen molar-refractivity contribution in [3.05, 3.63) is 0 Å². The first-order valence-electron chi connectivity index (χ1n) is 14.0. The molecule has 3 atom stereocenters. The quantitative estimate of drug-likeness (QED) is 0.526. The molecule has 0 bridgehead atoms. The Morgan fingerprint density at radius 2 is 1.72 bits per heavy atom. The highest BCUT2D eigenvalue weighted by molar-refractivity contribution is 5.95. The van der Waals surface area contributed by atoms with Gasteiger partial charge in [-0.3, -0.25) is 14.4 Å². The summed E-state index contributed by atoms with van der Waals surface area (Å²) in [5.41, 5.74) is 0. The average molecular weight is 507 g/mol. The van der Waals surface area contributed by atoms with Gasteiger partial charge in [-0.2, -0.15) is 0 Å². The summed E-state index contributed by atoms with van der Waals surface area (Å²) in [6.07, 6.45) is 9.07. The predicted octanol–water partition coefficient (Wildman–Crippen LogP) is 2.87. The van der Waals surface area contributed by atoms with Crippen molar-refractivity contribution in [3.63, 3.8) is 0 Å². The van der Waals surface area contributed by atoms with Gasteiger partial charge in [-0.25, -0.2) is 4.79 Å². The monoisotopic (exact) mass is 506 g/mol. The number of nitrogens with zero attached hydrogens (tertiary/aromatic N) is 2. The van der Waals surface area contributed by atoms with Gasteiger partial charge in [0, 0.05) is 25.6 Å². The number of carbonyl (C=O) groups is 4. The Balaban J connectivity index is 1.55. The van der Waals surface area contributed by atoms with Crippen LogP contribution in [0.4, 0.5) is 4.79 Å². The summed E-state index contributed by atoms with van der Waals surface area (Å²) in [6.45, 7) is 8.01.